The van der Waals surface area contributed by atoms with E-state index in [1.54, 1.807) is 4.68 Å². The first-order valence-electron chi connectivity index (χ1n) is 6.16. The van der Waals surface area contributed by atoms with Gasteiger partial charge in [-0.25, -0.2) is 0 Å². The number of hydrogen-bond acceptors (Lipinski definition) is 3. The van der Waals surface area contributed by atoms with Gasteiger partial charge in [-0.3, -0.25) is 9.48 Å². The zero-order valence-corrected chi connectivity index (χ0v) is 12.6. The fourth-order valence-electron chi connectivity index (χ4n) is 1.81. The minimum atomic E-state index is -0.796. The molecule has 106 valence electrons. The summed E-state index contributed by atoms with van der Waals surface area (Å²) in [6.07, 6.45) is 2.51. The van der Waals surface area contributed by atoms with Crippen molar-refractivity contribution in [1.29, 1.82) is 0 Å². The first kappa shape index (κ1) is 14.6. The van der Waals surface area contributed by atoms with E-state index in [9.17, 15) is 4.79 Å². The molecule has 1 aromatic carbocycles. The van der Waals surface area contributed by atoms with Crippen LogP contribution in [0.4, 0.5) is 0 Å². The molecule has 0 radical (unpaired) electrons. The molecule has 0 bridgehead atoms. The number of carboxylic acid groups (broad SMARTS) is 1. The van der Waals surface area contributed by atoms with Crippen LogP contribution in [-0.2, 0) is 24.9 Å². The predicted octanol–water partition coefficient (Wildman–Crippen LogP) is 2.78. The molecule has 1 heterocycles. The number of carboxylic acids is 1. The summed E-state index contributed by atoms with van der Waals surface area (Å²) in [5.41, 5.74) is 1.92. The highest BCUT2D eigenvalue weighted by Gasteiger charge is 2.06. The molecule has 1 N–H and O–H groups in total. The van der Waals surface area contributed by atoms with Crippen molar-refractivity contribution in [2.75, 3.05) is 0 Å². The van der Waals surface area contributed by atoms with E-state index in [-0.39, 0.29) is 6.42 Å². The lowest BCUT2D eigenvalue weighted by molar-refractivity contribution is -0.136. The van der Waals surface area contributed by atoms with E-state index in [1.807, 2.05) is 37.5 Å². The zero-order valence-electron chi connectivity index (χ0n) is 11.0. The van der Waals surface area contributed by atoms with Crippen LogP contribution in [0.2, 0.25) is 0 Å². The lowest BCUT2D eigenvalue weighted by Gasteiger charge is -2.07. The highest BCUT2D eigenvalue weighted by molar-refractivity contribution is 9.10. The summed E-state index contributed by atoms with van der Waals surface area (Å²) >= 11 is 3.37. The molecule has 2 rings (SSSR count). The monoisotopic (exact) mass is 338 g/mol. The number of halogens is 1. The van der Waals surface area contributed by atoms with Crippen LogP contribution < -0.4 is 4.74 Å². The summed E-state index contributed by atoms with van der Waals surface area (Å²) in [5.74, 6) is -0.0701. The second-order valence-electron chi connectivity index (χ2n) is 4.45. The minimum Gasteiger partial charge on any atom is -0.489 e. The second-order valence-corrected chi connectivity index (χ2v) is 5.20. The van der Waals surface area contributed by atoms with Gasteiger partial charge >= 0.3 is 5.97 Å². The molecular formula is C14H15BrN2O3. The number of aromatic nitrogens is 2. The van der Waals surface area contributed by atoms with E-state index in [0.717, 1.165) is 21.5 Å². The standard InChI is InChI=1S/C14H15BrN2O3/c1-17-8-11(14(15)16-17)9-20-12-4-2-3-10(7-12)5-6-13(18)19/h2-4,7-8H,5-6,9H2,1H3,(H,18,19). The largest absolute Gasteiger partial charge is 0.489 e. The topological polar surface area (TPSA) is 64.3 Å². The molecule has 0 amide bonds. The lowest BCUT2D eigenvalue weighted by Crippen LogP contribution is -1.99. The molecule has 0 saturated carbocycles. The van der Waals surface area contributed by atoms with Crippen LogP contribution in [0.1, 0.15) is 17.5 Å². The van der Waals surface area contributed by atoms with E-state index in [1.165, 1.54) is 0 Å². The highest BCUT2D eigenvalue weighted by atomic mass is 79.9. The molecule has 0 atom stereocenters. The Hall–Kier alpha value is -1.82. The molecular weight excluding hydrogens is 324 g/mol. The predicted molar refractivity (Wildman–Crippen MR) is 77.6 cm³/mol. The molecule has 0 fully saturated rings. The SMILES string of the molecule is Cn1cc(COc2cccc(CCC(=O)O)c2)c(Br)n1. The molecule has 0 unspecified atom stereocenters. The normalized spacial score (nSPS) is 10.5. The summed E-state index contributed by atoms with van der Waals surface area (Å²) in [4.78, 5) is 10.6. The van der Waals surface area contributed by atoms with Crippen LogP contribution in [0.25, 0.3) is 0 Å². The van der Waals surface area contributed by atoms with Crippen molar-refractivity contribution < 1.29 is 14.6 Å². The van der Waals surface area contributed by atoms with Crippen LogP contribution in [0.5, 0.6) is 5.75 Å². The van der Waals surface area contributed by atoms with E-state index < -0.39 is 5.97 Å². The molecule has 1 aromatic heterocycles. The van der Waals surface area contributed by atoms with E-state index in [2.05, 4.69) is 21.0 Å². The van der Waals surface area contributed by atoms with Crippen LogP contribution >= 0.6 is 15.9 Å². The van der Waals surface area contributed by atoms with Crippen LogP contribution in [0.15, 0.2) is 35.1 Å². The van der Waals surface area contributed by atoms with Crippen molar-refractivity contribution in [3.63, 3.8) is 0 Å². The molecule has 20 heavy (non-hydrogen) atoms. The van der Waals surface area contributed by atoms with Gasteiger partial charge in [0.1, 0.15) is 17.0 Å². The quantitative estimate of drug-likeness (QED) is 0.879. The molecule has 0 saturated heterocycles. The Kier molecular flexibility index (Phi) is 4.79. The Morgan fingerprint density at radius 2 is 2.30 bits per heavy atom. The number of hydrogen-bond donors (Lipinski definition) is 1. The number of ether oxygens (including phenoxy) is 1. The molecule has 6 heteroatoms. The van der Waals surface area contributed by atoms with Gasteiger partial charge < -0.3 is 9.84 Å². The number of nitrogens with zero attached hydrogens (tertiary/aromatic N) is 2. The van der Waals surface area contributed by atoms with Crippen LogP contribution in [0.3, 0.4) is 0 Å². The number of benzene rings is 1. The molecule has 0 aliphatic heterocycles. The highest BCUT2D eigenvalue weighted by Crippen LogP contribution is 2.19. The maximum absolute atomic E-state index is 10.6. The van der Waals surface area contributed by atoms with E-state index in [4.69, 9.17) is 9.84 Å². The van der Waals surface area contributed by atoms with Gasteiger partial charge in [0.05, 0.1) is 0 Å². The fraction of sp³-hybridized carbons (Fsp3) is 0.286. The Morgan fingerprint density at radius 1 is 1.50 bits per heavy atom. The van der Waals surface area contributed by atoms with Gasteiger partial charge in [0.15, 0.2) is 0 Å². The van der Waals surface area contributed by atoms with Gasteiger partial charge in [0, 0.05) is 25.2 Å². The van der Waals surface area contributed by atoms with Gasteiger partial charge in [0.25, 0.3) is 0 Å². The molecule has 0 spiro atoms. The summed E-state index contributed by atoms with van der Waals surface area (Å²) in [5, 5.41) is 12.9. The molecule has 0 aliphatic rings. The number of rotatable bonds is 6. The van der Waals surface area contributed by atoms with Crippen molar-refractivity contribution in [3.05, 3.63) is 46.2 Å². The average molecular weight is 339 g/mol. The Labute approximate surface area is 125 Å². The number of aliphatic carboxylic acids is 1. The summed E-state index contributed by atoms with van der Waals surface area (Å²) in [6.45, 7) is 0.413. The smallest absolute Gasteiger partial charge is 0.303 e. The van der Waals surface area contributed by atoms with Gasteiger partial charge in [-0.15, -0.1) is 0 Å². The third-order valence-electron chi connectivity index (χ3n) is 2.77. The number of carbonyl (C=O) groups is 1. The van der Waals surface area contributed by atoms with Crippen molar-refractivity contribution in [2.45, 2.75) is 19.4 Å². The summed E-state index contributed by atoms with van der Waals surface area (Å²) in [6, 6.07) is 7.49. The van der Waals surface area contributed by atoms with Crippen molar-refractivity contribution >= 4 is 21.9 Å². The Morgan fingerprint density at radius 3 is 2.95 bits per heavy atom. The number of aryl methyl sites for hydroxylation is 2. The molecule has 0 aliphatic carbocycles. The molecule has 2 aromatic rings. The third-order valence-corrected chi connectivity index (χ3v) is 3.44. The maximum atomic E-state index is 10.6. The van der Waals surface area contributed by atoms with Crippen molar-refractivity contribution in [2.24, 2.45) is 7.05 Å². The molecule has 5 nitrogen and oxygen atoms in total. The van der Waals surface area contributed by atoms with E-state index >= 15 is 0 Å². The first-order chi connectivity index (χ1) is 9.54. The Bertz CT molecular complexity index is 610. The van der Waals surface area contributed by atoms with Crippen molar-refractivity contribution in [3.8, 4) is 5.75 Å². The maximum Gasteiger partial charge on any atom is 0.303 e. The fourth-order valence-corrected chi connectivity index (χ4v) is 2.28. The lowest BCUT2D eigenvalue weighted by atomic mass is 10.1. The van der Waals surface area contributed by atoms with Crippen LogP contribution in [-0.4, -0.2) is 20.9 Å². The Balaban J connectivity index is 1.97. The summed E-state index contributed by atoms with van der Waals surface area (Å²) < 4.78 is 8.18. The van der Waals surface area contributed by atoms with Gasteiger partial charge in [-0.05, 0) is 40.0 Å². The minimum absolute atomic E-state index is 0.123. The third kappa shape index (κ3) is 4.09. The first-order valence-corrected chi connectivity index (χ1v) is 6.95. The average Bonchev–Trinajstić information content (AvgIpc) is 2.73. The van der Waals surface area contributed by atoms with Crippen LogP contribution in [0, 0.1) is 0 Å². The second kappa shape index (κ2) is 6.56. The van der Waals surface area contributed by atoms with Gasteiger partial charge in [-0.1, -0.05) is 12.1 Å². The van der Waals surface area contributed by atoms with Crippen molar-refractivity contribution in [1.82, 2.24) is 9.78 Å². The zero-order chi connectivity index (χ0) is 14.5. The van der Waals surface area contributed by atoms with Gasteiger partial charge in [-0.2, -0.15) is 5.10 Å². The van der Waals surface area contributed by atoms with E-state index in [0.29, 0.717) is 13.0 Å². The summed E-state index contributed by atoms with van der Waals surface area (Å²) in [7, 11) is 1.85. The van der Waals surface area contributed by atoms with Gasteiger partial charge in [0.2, 0.25) is 0 Å².